The Morgan fingerprint density at radius 1 is 1.00 bits per heavy atom. The van der Waals surface area contributed by atoms with Gasteiger partial charge in [0.25, 0.3) is 11.6 Å². The van der Waals surface area contributed by atoms with Crippen LogP contribution in [0.1, 0.15) is 22.3 Å². The summed E-state index contributed by atoms with van der Waals surface area (Å²) in [7, 11) is -3.65. The van der Waals surface area contributed by atoms with Gasteiger partial charge in [-0.05, 0) is 31.5 Å². The molecule has 1 aliphatic rings. The molecule has 1 fully saturated rings. The van der Waals surface area contributed by atoms with Crippen LogP contribution >= 0.6 is 0 Å². The molecule has 1 saturated heterocycles. The molecule has 148 valence electrons. The molecule has 0 aliphatic carbocycles. The lowest BCUT2D eigenvalue weighted by molar-refractivity contribution is -0.385. The van der Waals surface area contributed by atoms with Gasteiger partial charge in [-0.2, -0.15) is 4.31 Å². The van der Waals surface area contributed by atoms with Gasteiger partial charge in [0.2, 0.25) is 10.0 Å². The second kappa shape index (κ2) is 8.07. The van der Waals surface area contributed by atoms with Crippen molar-refractivity contribution in [2.45, 2.75) is 18.2 Å². The number of hydrogen-bond donors (Lipinski definition) is 0. The molecule has 2 aromatic carbocycles. The maximum Gasteiger partial charge on any atom is 0.282 e. The van der Waals surface area contributed by atoms with E-state index in [0.29, 0.717) is 13.0 Å². The van der Waals surface area contributed by atoms with Crippen molar-refractivity contribution >= 4 is 21.6 Å². The molecular weight excluding hydrogens is 382 g/mol. The topological polar surface area (TPSA) is 101 Å². The zero-order chi connectivity index (χ0) is 20.3. The summed E-state index contributed by atoms with van der Waals surface area (Å²) in [5.74, 6) is -0.457. The first-order valence-corrected chi connectivity index (χ1v) is 10.3. The van der Waals surface area contributed by atoms with E-state index in [1.54, 1.807) is 30.3 Å². The number of nitro groups is 1. The highest BCUT2D eigenvalue weighted by Gasteiger charge is 2.30. The maximum atomic E-state index is 12.9. The number of amides is 1. The van der Waals surface area contributed by atoms with Crippen molar-refractivity contribution in [3.8, 4) is 0 Å². The lowest BCUT2D eigenvalue weighted by atomic mass is 10.1. The minimum atomic E-state index is -3.65. The van der Waals surface area contributed by atoms with Gasteiger partial charge in [-0.15, -0.1) is 0 Å². The van der Waals surface area contributed by atoms with Crippen LogP contribution in [0.15, 0.2) is 53.4 Å². The molecule has 0 bridgehead atoms. The normalized spacial score (nSPS) is 15.8. The Kier molecular flexibility index (Phi) is 5.76. The number of aryl methyl sites for hydroxylation is 1. The van der Waals surface area contributed by atoms with Crippen LogP contribution in [-0.4, -0.2) is 54.6 Å². The van der Waals surface area contributed by atoms with Crippen molar-refractivity contribution in [2.24, 2.45) is 0 Å². The van der Waals surface area contributed by atoms with E-state index in [4.69, 9.17) is 0 Å². The van der Waals surface area contributed by atoms with Crippen molar-refractivity contribution in [2.75, 3.05) is 26.2 Å². The van der Waals surface area contributed by atoms with Gasteiger partial charge in [-0.1, -0.05) is 29.8 Å². The number of benzene rings is 2. The van der Waals surface area contributed by atoms with Crippen LogP contribution in [0, 0.1) is 17.0 Å². The largest absolute Gasteiger partial charge is 0.337 e. The molecule has 0 aromatic heterocycles. The molecule has 28 heavy (non-hydrogen) atoms. The molecule has 9 heteroatoms. The van der Waals surface area contributed by atoms with Crippen LogP contribution in [0.4, 0.5) is 5.69 Å². The number of rotatable bonds is 4. The Labute approximate surface area is 163 Å². The molecule has 0 saturated carbocycles. The van der Waals surface area contributed by atoms with Crippen molar-refractivity contribution in [1.82, 2.24) is 9.21 Å². The molecule has 0 atom stereocenters. The fourth-order valence-corrected chi connectivity index (χ4v) is 4.65. The van der Waals surface area contributed by atoms with Crippen LogP contribution in [0.5, 0.6) is 0 Å². The van der Waals surface area contributed by atoms with Gasteiger partial charge >= 0.3 is 0 Å². The SMILES string of the molecule is Cc1ccc(S(=O)(=O)N2CCCN(C(=O)c3ccccc3[N+](=O)[O-])CC2)cc1. The second-order valence-corrected chi connectivity index (χ2v) is 8.58. The third-order valence-electron chi connectivity index (χ3n) is 4.73. The highest BCUT2D eigenvalue weighted by atomic mass is 32.2. The first-order chi connectivity index (χ1) is 13.3. The lowest BCUT2D eigenvalue weighted by Gasteiger charge is -2.22. The molecule has 3 rings (SSSR count). The van der Waals surface area contributed by atoms with E-state index in [1.165, 1.54) is 27.4 Å². The van der Waals surface area contributed by atoms with Gasteiger partial charge in [0.1, 0.15) is 5.56 Å². The average Bonchev–Trinajstić information content (AvgIpc) is 2.94. The highest BCUT2D eigenvalue weighted by molar-refractivity contribution is 7.89. The molecule has 0 N–H and O–H groups in total. The fraction of sp³-hybridized carbons (Fsp3) is 0.316. The van der Waals surface area contributed by atoms with E-state index in [2.05, 4.69) is 0 Å². The predicted molar refractivity (Wildman–Crippen MR) is 104 cm³/mol. The molecule has 1 amide bonds. The third kappa shape index (κ3) is 4.05. The summed E-state index contributed by atoms with van der Waals surface area (Å²) < 4.78 is 27.1. The monoisotopic (exact) mass is 403 g/mol. The van der Waals surface area contributed by atoms with Gasteiger partial charge < -0.3 is 4.90 Å². The molecule has 0 unspecified atom stereocenters. The molecule has 0 radical (unpaired) electrons. The van der Waals surface area contributed by atoms with Crippen molar-refractivity contribution < 1.29 is 18.1 Å². The molecule has 1 heterocycles. The van der Waals surface area contributed by atoms with Gasteiger partial charge in [0.15, 0.2) is 0 Å². The van der Waals surface area contributed by atoms with E-state index in [-0.39, 0.29) is 35.8 Å². The summed E-state index contributed by atoms with van der Waals surface area (Å²) in [5.41, 5.74) is 0.735. The molecule has 8 nitrogen and oxygen atoms in total. The van der Waals surface area contributed by atoms with Crippen LogP contribution in [0.3, 0.4) is 0 Å². The van der Waals surface area contributed by atoms with Crippen LogP contribution in [0.2, 0.25) is 0 Å². The number of carbonyl (C=O) groups excluding carboxylic acids is 1. The first-order valence-electron chi connectivity index (χ1n) is 8.90. The Morgan fingerprint density at radius 3 is 2.36 bits per heavy atom. The zero-order valence-corrected chi connectivity index (χ0v) is 16.3. The smallest absolute Gasteiger partial charge is 0.282 e. The van der Waals surface area contributed by atoms with Gasteiger partial charge in [0, 0.05) is 32.2 Å². The molecule has 2 aromatic rings. The number of sulfonamides is 1. The second-order valence-electron chi connectivity index (χ2n) is 6.64. The number of carbonyl (C=O) groups is 1. The van der Waals surface area contributed by atoms with Crippen molar-refractivity contribution in [3.63, 3.8) is 0 Å². The van der Waals surface area contributed by atoms with E-state index in [0.717, 1.165) is 5.56 Å². The van der Waals surface area contributed by atoms with Gasteiger partial charge in [-0.25, -0.2) is 8.42 Å². The standard InChI is InChI=1S/C19H21N3O5S/c1-15-7-9-16(10-8-15)28(26,27)21-12-4-11-20(13-14-21)19(23)17-5-2-3-6-18(17)22(24)25/h2-3,5-10H,4,11-14H2,1H3. The number of hydrogen-bond acceptors (Lipinski definition) is 5. The summed E-state index contributed by atoms with van der Waals surface area (Å²) in [6.45, 7) is 2.83. The Balaban J connectivity index is 1.77. The van der Waals surface area contributed by atoms with Gasteiger partial charge in [0.05, 0.1) is 9.82 Å². The van der Waals surface area contributed by atoms with Gasteiger partial charge in [-0.3, -0.25) is 14.9 Å². The summed E-state index contributed by atoms with van der Waals surface area (Å²) in [4.78, 5) is 25.1. The third-order valence-corrected chi connectivity index (χ3v) is 6.64. The summed E-state index contributed by atoms with van der Waals surface area (Å²) in [6.07, 6.45) is 0.456. The lowest BCUT2D eigenvalue weighted by Crippen LogP contribution is -2.37. The quantitative estimate of drug-likeness (QED) is 0.576. The maximum absolute atomic E-state index is 12.9. The zero-order valence-electron chi connectivity index (χ0n) is 15.4. The average molecular weight is 403 g/mol. The summed E-state index contributed by atoms with van der Waals surface area (Å²) in [6, 6.07) is 12.4. The minimum Gasteiger partial charge on any atom is -0.337 e. The molecule has 1 aliphatic heterocycles. The number of nitrogens with zero attached hydrogens (tertiary/aromatic N) is 3. The van der Waals surface area contributed by atoms with E-state index in [9.17, 15) is 23.3 Å². The van der Waals surface area contributed by atoms with E-state index < -0.39 is 20.9 Å². The van der Waals surface area contributed by atoms with E-state index >= 15 is 0 Å². The highest BCUT2D eigenvalue weighted by Crippen LogP contribution is 2.22. The summed E-state index contributed by atoms with van der Waals surface area (Å²) in [5, 5.41) is 11.2. The van der Waals surface area contributed by atoms with Crippen LogP contribution in [-0.2, 0) is 10.0 Å². The van der Waals surface area contributed by atoms with E-state index in [1.807, 2.05) is 6.92 Å². The Hall–Kier alpha value is -2.78. The molecule has 0 spiro atoms. The fourth-order valence-electron chi connectivity index (χ4n) is 3.18. The predicted octanol–water partition coefficient (Wildman–Crippen LogP) is 2.44. The van der Waals surface area contributed by atoms with Crippen LogP contribution in [0.25, 0.3) is 0 Å². The van der Waals surface area contributed by atoms with Crippen LogP contribution < -0.4 is 0 Å². The van der Waals surface area contributed by atoms with Crippen molar-refractivity contribution in [1.29, 1.82) is 0 Å². The Morgan fingerprint density at radius 2 is 1.68 bits per heavy atom. The number of nitro benzene ring substituents is 1. The number of para-hydroxylation sites is 1. The molecular formula is C19H21N3O5S. The summed E-state index contributed by atoms with van der Waals surface area (Å²) >= 11 is 0. The Bertz CT molecular complexity index is 989. The first kappa shape index (κ1) is 20.0. The van der Waals surface area contributed by atoms with Crippen molar-refractivity contribution in [3.05, 3.63) is 69.8 Å². The minimum absolute atomic E-state index is 0.0161.